The molecule has 1 unspecified atom stereocenters. The summed E-state index contributed by atoms with van der Waals surface area (Å²) in [6.07, 6.45) is 0.656. The lowest BCUT2D eigenvalue weighted by Gasteiger charge is -2.19. The highest BCUT2D eigenvalue weighted by Crippen LogP contribution is 2.26. The molecule has 0 fully saturated rings. The van der Waals surface area contributed by atoms with Gasteiger partial charge in [0, 0.05) is 12.1 Å². The maximum atomic E-state index is 12.0. The Kier molecular flexibility index (Phi) is 4.83. The minimum absolute atomic E-state index is 0.0584. The van der Waals surface area contributed by atoms with Crippen LogP contribution in [0.2, 0.25) is 0 Å². The van der Waals surface area contributed by atoms with Crippen molar-refractivity contribution in [3.8, 4) is 0 Å². The van der Waals surface area contributed by atoms with Crippen molar-refractivity contribution in [1.82, 2.24) is 0 Å². The van der Waals surface area contributed by atoms with Crippen LogP contribution in [-0.4, -0.2) is 16.5 Å². The van der Waals surface area contributed by atoms with E-state index >= 15 is 0 Å². The zero-order valence-corrected chi connectivity index (χ0v) is 12.2. The summed E-state index contributed by atoms with van der Waals surface area (Å²) in [6, 6.07) is 4.08. The largest absolute Gasteiger partial charge is 0.456 e. The van der Waals surface area contributed by atoms with Gasteiger partial charge in [-0.1, -0.05) is 13.0 Å². The molecule has 0 spiro atoms. The lowest BCUT2D eigenvalue weighted by molar-refractivity contribution is -0.385. The predicted molar refractivity (Wildman–Crippen MR) is 75.5 cm³/mol. The third-order valence-electron chi connectivity index (χ3n) is 2.71. The van der Waals surface area contributed by atoms with Crippen LogP contribution in [0.3, 0.4) is 0 Å². The molecule has 6 heteroatoms. The Morgan fingerprint density at radius 1 is 1.45 bits per heavy atom. The van der Waals surface area contributed by atoms with E-state index in [4.69, 9.17) is 10.5 Å². The van der Waals surface area contributed by atoms with Gasteiger partial charge in [-0.3, -0.25) is 10.1 Å². The second-order valence-electron chi connectivity index (χ2n) is 5.55. The fourth-order valence-electron chi connectivity index (χ4n) is 1.67. The fourth-order valence-corrected chi connectivity index (χ4v) is 1.67. The molecule has 2 N–H and O–H groups in total. The van der Waals surface area contributed by atoms with Gasteiger partial charge < -0.3 is 10.5 Å². The number of carbonyl (C=O) groups is 1. The number of rotatable bonds is 4. The van der Waals surface area contributed by atoms with Crippen LogP contribution in [0, 0.1) is 10.1 Å². The lowest BCUT2D eigenvalue weighted by atomic mass is 10.0. The molecule has 0 aliphatic carbocycles. The molecule has 0 radical (unpaired) electrons. The van der Waals surface area contributed by atoms with Gasteiger partial charge in [0.2, 0.25) is 0 Å². The average Bonchev–Trinajstić information content (AvgIpc) is 2.34. The third-order valence-corrected chi connectivity index (χ3v) is 2.71. The highest BCUT2D eigenvalue weighted by Gasteiger charge is 2.26. The number of esters is 1. The molecule has 110 valence electrons. The highest BCUT2D eigenvalue weighted by molar-refractivity contribution is 5.94. The van der Waals surface area contributed by atoms with Crippen LogP contribution in [0.25, 0.3) is 0 Å². The van der Waals surface area contributed by atoms with Crippen molar-refractivity contribution in [2.75, 3.05) is 0 Å². The Morgan fingerprint density at radius 2 is 2.05 bits per heavy atom. The van der Waals surface area contributed by atoms with E-state index in [9.17, 15) is 14.9 Å². The number of nitrogens with two attached hydrogens (primary N) is 1. The number of benzene rings is 1. The van der Waals surface area contributed by atoms with Gasteiger partial charge in [-0.2, -0.15) is 0 Å². The smallest absolute Gasteiger partial charge is 0.345 e. The van der Waals surface area contributed by atoms with Gasteiger partial charge in [0.05, 0.1) is 4.92 Å². The van der Waals surface area contributed by atoms with E-state index in [-0.39, 0.29) is 17.3 Å². The first-order chi connectivity index (χ1) is 9.15. The molecule has 0 aromatic heterocycles. The molecule has 0 amide bonds. The van der Waals surface area contributed by atoms with E-state index in [1.54, 1.807) is 26.8 Å². The molecule has 0 bridgehead atoms. The molecule has 6 nitrogen and oxygen atoms in total. The molecule has 1 rings (SSSR count). The molecule has 1 aromatic rings. The van der Waals surface area contributed by atoms with Crippen LogP contribution in [-0.2, 0) is 4.74 Å². The van der Waals surface area contributed by atoms with Crippen molar-refractivity contribution < 1.29 is 14.5 Å². The summed E-state index contributed by atoms with van der Waals surface area (Å²) in [5.41, 5.74) is 5.44. The third kappa shape index (κ3) is 4.03. The first-order valence-corrected chi connectivity index (χ1v) is 6.43. The quantitative estimate of drug-likeness (QED) is 0.519. The number of nitro groups is 1. The van der Waals surface area contributed by atoms with Gasteiger partial charge in [-0.25, -0.2) is 4.79 Å². The van der Waals surface area contributed by atoms with Crippen molar-refractivity contribution >= 4 is 11.7 Å². The van der Waals surface area contributed by atoms with E-state index in [1.165, 1.54) is 12.1 Å². The average molecular weight is 280 g/mol. The highest BCUT2D eigenvalue weighted by atomic mass is 16.6. The number of carbonyl (C=O) groups excluding carboxylic acids is 1. The van der Waals surface area contributed by atoms with Gasteiger partial charge in [-0.15, -0.1) is 0 Å². The van der Waals surface area contributed by atoms with E-state index in [0.717, 1.165) is 0 Å². The summed E-state index contributed by atoms with van der Waals surface area (Å²) < 4.78 is 5.17. The molecule has 1 atom stereocenters. The van der Waals surface area contributed by atoms with Gasteiger partial charge in [0.25, 0.3) is 5.69 Å². The number of ether oxygens (including phenoxy) is 1. The Hall–Kier alpha value is -1.95. The van der Waals surface area contributed by atoms with Crippen LogP contribution in [0.5, 0.6) is 0 Å². The SMILES string of the molecule is CCC(N)c1ccc(C(=O)OC(C)(C)C)c([N+](=O)[O-])c1. The standard InChI is InChI=1S/C14H20N2O4/c1-5-11(15)9-6-7-10(12(8-9)16(18)19)13(17)20-14(2,3)4/h6-8,11H,5,15H2,1-4H3. The van der Waals surface area contributed by atoms with Crippen LogP contribution in [0.15, 0.2) is 18.2 Å². The van der Waals surface area contributed by atoms with Crippen LogP contribution >= 0.6 is 0 Å². The lowest BCUT2D eigenvalue weighted by Crippen LogP contribution is -2.24. The minimum atomic E-state index is -0.708. The normalized spacial score (nSPS) is 12.8. The van der Waals surface area contributed by atoms with E-state index < -0.39 is 16.5 Å². The molecule has 1 aromatic carbocycles. The van der Waals surface area contributed by atoms with Crippen molar-refractivity contribution in [1.29, 1.82) is 0 Å². The molecular weight excluding hydrogens is 260 g/mol. The van der Waals surface area contributed by atoms with Crippen molar-refractivity contribution in [2.45, 2.75) is 45.8 Å². The summed E-state index contributed by atoms with van der Waals surface area (Å²) in [4.78, 5) is 22.5. The zero-order valence-electron chi connectivity index (χ0n) is 12.2. The fraction of sp³-hybridized carbons (Fsp3) is 0.500. The second-order valence-corrected chi connectivity index (χ2v) is 5.55. The van der Waals surface area contributed by atoms with Gasteiger partial charge in [-0.05, 0) is 38.8 Å². The van der Waals surface area contributed by atoms with E-state index in [2.05, 4.69) is 0 Å². The number of nitro benzene ring substituents is 1. The number of hydrogen-bond acceptors (Lipinski definition) is 5. The van der Waals surface area contributed by atoms with Crippen molar-refractivity contribution in [2.24, 2.45) is 5.73 Å². The maximum Gasteiger partial charge on any atom is 0.345 e. The molecule has 0 aliphatic heterocycles. The first-order valence-electron chi connectivity index (χ1n) is 6.43. The molecule has 0 saturated heterocycles. The Bertz CT molecular complexity index is 520. The zero-order chi connectivity index (χ0) is 15.5. The Labute approximate surface area is 118 Å². The molecule has 0 heterocycles. The summed E-state index contributed by atoms with van der Waals surface area (Å²) >= 11 is 0. The Balaban J connectivity index is 3.20. The summed E-state index contributed by atoms with van der Waals surface area (Å²) in [5.74, 6) is -0.708. The minimum Gasteiger partial charge on any atom is -0.456 e. The van der Waals surface area contributed by atoms with Crippen molar-refractivity contribution in [3.05, 3.63) is 39.4 Å². The summed E-state index contributed by atoms with van der Waals surface area (Å²) in [7, 11) is 0. The first kappa shape index (κ1) is 16.1. The van der Waals surface area contributed by atoms with Crippen LogP contribution in [0.4, 0.5) is 5.69 Å². The maximum absolute atomic E-state index is 12.0. The van der Waals surface area contributed by atoms with Crippen LogP contribution in [0.1, 0.15) is 56.1 Å². The van der Waals surface area contributed by atoms with Crippen molar-refractivity contribution in [3.63, 3.8) is 0 Å². The number of hydrogen-bond donors (Lipinski definition) is 1. The molecular formula is C14H20N2O4. The van der Waals surface area contributed by atoms with Gasteiger partial charge in [0.1, 0.15) is 11.2 Å². The number of nitrogens with zero attached hydrogens (tertiary/aromatic N) is 1. The van der Waals surface area contributed by atoms with Gasteiger partial charge in [0.15, 0.2) is 0 Å². The van der Waals surface area contributed by atoms with E-state index in [0.29, 0.717) is 12.0 Å². The Morgan fingerprint density at radius 3 is 2.50 bits per heavy atom. The summed E-state index contributed by atoms with van der Waals surface area (Å²) in [6.45, 7) is 7.01. The summed E-state index contributed by atoms with van der Waals surface area (Å²) in [5, 5.41) is 11.1. The molecule has 20 heavy (non-hydrogen) atoms. The second kappa shape index (κ2) is 6.00. The van der Waals surface area contributed by atoms with E-state index in [1.807, 2.05) is 6.92 Å². The predicted octanol–water partition coefficient (Wildman–Crippen LogP) is 2.96. The van der Waals surface area contributed by atoms with Gasteiger partial charge >= 0.3 is 5.97 Å². The topological polar surface area (TPSA) is 95.5 Å². The monoisotopic (exact) mass is 280 g/mol. The molecule has 0 saturated carbocycles. The van der Waals surface area contributed by atoms with Crippen LogP contribution < -0.4 is 5.73 Å². The molecule has 0 aliphatic rings.